The van der Waals surface area contributed by atoms with Gasteiger partial charge >= 0.3 is 5.97 Å². The lowest BCUT2D eigenvalue weighted by Gasteiger charge is -2.42. The van der Waals surface area contributed by atoms with E-state index in [4.69, 9.17) is 9.52 Å². The summed E-state index contributed by atoms with van der Waals surface area (Å²) >= 11 is 0. The molecule has 2 aromatic rings. The maximum atomic E-state index is 11.2. The number of furan rings is 1. The van der Waals surface area contributed by atoms with E-state index in [1.807, 2.05) is 6.07 Å². The van der Waals surface area contributed by atoms with E-state index in [-0.39, 0.29) is 12.2 Å². The second-order valence-electron chi connectivity index (χ2n) is 8.01. The van der Waals surface area contributed by atoms with Gasteiger partial charge in [-0.25, -0.2) is 0 Å². The zero-order chi connectivity index (χ0) is 20.4. The molecule has 0 saturated heterocycles. The van der Waals surface area contributed by atoms with Crippen molar-refractivity contribution in [2.24, 2.45) is 5.92 Å². The monoisotopic (exact) mass is 399 g/mol. The lowest BCUT2D eigenvalue weighted by Crippen LogP contribution is -2.54. The summed E-state index contributed by atoms with van der Waals surface area (Å²) < 4.78 is 5.81. The van der Waals surface area contributed by atoms with Crippen LogP contribution < -0.4 is 5.32 Å². The Labute approximate surface area is 168 Å². The predicted molar refractivity (Wildman–Crippen MR) is 106 cm³/mol. The van der Waals surface area contributed by atoms with Crippen molar-refractivity contribution in [1.29, 1.82) is 0 Å². The molecule has 154 valence electrons. The molecule has 0 atom stereocenters. The van der Waals surface area contributed by atoms with Crippen LogP contribution in [-0.4, -0.2) is 46.1 Å². The number of para-hydroxylation sites is 1. The van der Waals surface area contributed by atoms with E-state index in [1.54, 1.807) is 24.3 Å². The fraction of sp³-hybridized carbons (Fsp3) is 0.476. The van der Waals surface area contributed by atoms with Crippen molar-refractivity contribution in [3.8, 4) is 11.3 Å². The molecule has 2 aliphatic carbocycles. The molecular formula is C21H25N3O5. The molecule has 29 heavy (non-hydrogen) atoms. The standard InChI is InChI=1S/C21H25N3O5/c25-21(26)13-23(12-14-5-6-14)16-9-15(10-16)22-11-17-7-8-20(29-17)18-3-1-2-4-19(18)24(27)28/h1-4,7-8,14-16,22H,5-6,9-13H2,(H,25,26). The average molecular weight is 399 g/mol. The SMILES string of the molecule is O=C(O)CN(CC1CC1)C1CC(NCc2ccc(-c3ccccc3[N+](=O)[O-])o2)C1. The van der Waals surface area contributed by atoms with Gasteiger partial charge < -0.3 is 14.8 Å². The Balaban J connectivity index is 1.29. The molecule has 2 saturated carbocycles. The van der Waals surface area contributed by atoms with Crippen LogP contribution in [-0.2, 0) is 11.3 Å². The Kier molecular flexibility index (Phi) is 5.64. The van der Waals surface area contributed by atoms with E-state index in [1.165, 1.54) is 18.9 Å². The number of nitro groups is 1. The van der Waals surface area contributed by atoms with E-state index < -0.39 is 10.9 Å². The first-order valence-electron chi connectivity index (χ1n) is 10.0. The number of aliphatic carboxylic acids is 1. The van der Waals surface area contributed by atoms with Crippen LogP contribution in [0.1, 0.15) is 31.4 Å². The number of benzene rings is 1. The molecule has 2 N–H and O–H groups in total. The third-order valence-electron chi connectivity index (χ3n) is 5.75. The number of carboxylic acid groups (broad SMARTS) is 1. The number of hydrogen-bond acceptors (Lipinski definition) is 6. The van der Waals surface area contributed by atoms with Gasteiger partial charge in [-0.1, -0.05) is 12.1 Å². The summed E-state index contributed by atoms with van der Waals surface area (Å²) in [6.45, 7) is 1.55. The molecule has 8 nitrogen and oxygen atoms in total. The average Bonchev–Trinajstić information content (AvgIpc) is 3.34. The molecule has 0 bridgehead atoms. The first-order chi connectivity index (χ1) is 14.0. The van der Waals surface area contributed by atoms with E-state index in [9.17, 15) is 14.9 Å². The Morgan fingerprint density at radius 1 is 1.24 bits per heavy atom. The Morgan fingerprint density at radius 2 is 2.00 bits per heavy atom. The lowest BCUT2D eigenvalue weighted by molar-refractivity contribution is -0.384. The molecule has 4 rings (SSSR count). The number of nitro benzene ring substituents is 1. The van der Waals surface area contributed by atoms with Crippen LogP contribution in [0.4, 0.5) is 5.69 Å². The second-order valence-corrected chi connectivity index (χ2v) is 8.01. The Morgan fingerprint density at radius 3 is 2.69 bits per heavy atom. The van der Waals surface area contributed by atoms with E-state index in [0.29, 0.717) is 35.9 Å². The molecule has 2 aliphatic rings. The minimum Gasteiger partial charge on any atom is -0.480 e. The van der Waals surface area contributed by atoms with Gasteiger partial charge in [0.05, 0.1) is 23.6 Å². The predicted octanol–water partition coefficient (Wildman–Crippen LogP) is 3.27. The van der Waals surface area contributed by atoms with Crippen molar-refractivity contribution in [2.75, 3.05) is 13.1 Å². The highest BCUT2D eigenvalue weighted by Gasteiger charge is 2.36. The maximum absolute atomic E-state index is 11.2. The van der Waals surface area contributed by atoms with Gasteiger partial charge in [-0.3, -0.25) is 19.8 Å². The van der Waals surface area contributed by atoms with Gasteiger partial charge in [0.2, 0.25) is 0 Å². The molecule has 1 aromatic carbocycles. The van der Waals surface area contributed by atoms with Crippen LogP contribution in [0.5, 0.6) is 0 Å². The van der Waals surface area contributed by atoms with Crippen molar-refractivity contribution < 1.29 is 19.2 Å². The maximum Gasteiger partial charge on any atom is 0.317 e. The van der Waals surface area contributed by atoms with E-state index in [2.05, 4.69) is 10.2 Å². The summed E-state index contributed by atoms with van der Waals surface area (Å²) in [5.41, 5.74) is 0.495. The summed E-state index contributed by atoms with van der Waals surface area (Å²) in [7, 11) is 0. The number of nitrogens with zero attached hydrogens (tertiary/aromatic N) is 2. The van der Waals surface area contributed by atoms with Crippen molar-refractivity contribution in [1.82, 2.24) is 10.2 Å². The minimum atomic E-state index is -0.764. The first-order valence-corrected chi connectivity index (χ1v) is 10.0. The summed E-state index contributed by atoms with van der Waals surface area (Å²) in [6, 6.07) is 10.8. The molecule has 0 radical (unpaired) electrons. The van der Waals surface area contributed by atoms with Crippen LogP contribution in [0.15, 0.2) is 40.8 Å². The molecule has 2 fully saturated rings. The van der Waals surface area contributed by atoms with Gasteiger partial charge in [-0.15, -0.1) is 0 Å². The normalized spacial score (nSPS) is 21.1. The summed E-state index contributed by atoms with van der Waals surface area (Å²) in [4.78, 5) is 24.0. The summed E-state index contributed by atoms with van der Waals surface area (Å²) in [5, 5.41) is 23.8. The Hall–Kier alpha value is -2.71. The highest BCUT2D eigenvalue weighted by molar-refractivity contribution is 5.69. The van der Waals surface area contributed by atoms with Crippen molar-refractivity contribution in [3.63, 3.8) is 0 Å². The van der Waals surface area contributed by atoms with Crippen molar-refractivity contribution in [2.45, 2.75) is 44.3 Å². The van der Waals surface area contributed by atoms with Gasteiger partial charge in [0.15, 0.2) is 0 Å². The van der Waals surface area contributed by atoms with Crippen LogP contribution in [0.3, 0.4) is 0 Å². The number of carbonyl (C=O) groups is 1. The van der Waals surface area contributed by atoms with Crippen LogP contribution in [0.25, 0.3) is 11.3 Å². The number of carboxylic acids is 1. The van der Waals surface area contributed by atoms with Crippen molar-refractivity contribution >= 4 is 11.7 Å². The van der Waals surface area contributed by atoms with Crippen LogP contribution in [0.2, 0.25) is 0 Å². The third-order valence-corrected chi connectivity index (χ3v) is 5.75. The molecule has 1 heterocycles. The highest BCUT2D eigenvalue weighted by atomic mass is 16.6. The van der Waals surface area contributed by atoms with Gasteiger partial charge in [0.25, 0.3) is 5.69 Å². The third kappa shape index (κ3) is 4.83. The molecule has 8 heteroatoms. The zero-order valence-corrected chi connectivity index (χ0v) is 16.1. The van der Waals surface area contributed by atoms with Crippen LogP contribution >= 0.6 is 0 Å². The second kappa shape index (κ2) is 8.34. The van der Waals surface area contributed by atoms with Gasteiger partial charge in [0.1, 0.15) is 11.5 Å². The van der Waals surface area contributed by atoms with Gasteiger partial charge in [-0.05, 0) is 49.8 Å². The minimum absolute atomic E-state index is 0.0254. The highest BCUT2D eigenvalue weighted by Crippen LogP contribution is 2.34. The Bertz CT molecular complexity index is 886. The quantitative estimate of drug-likeness (QED) is 0.466. The zero-order valence-electron chi connectivity index (χ0n) is 16.1. The molecular weight excluding hydrogens is 374 g/mol. The molecule has 0 unspecified atom stereocenters. The lowest BCUT2D eigenvalue weighted by atomic mass is 9.85. The molecule has 0 aliphatic heterocycles. The summed E-state index contributed by atoms with van der Waals surface area (Å²) in [5.74, 6) is 1.12. The van der Waals surface area contributed by atoms with Crippen molar-refractivity contribution in [3.05, 3.63) is 52.3 Å². The smallest absolute Gasteiger partial charge is 0.317 e. The van der Waals surface area contributed by atoms with Crippen LogP contribution in [0, 0.1) is 16.0 Å². The van der Waals surface area contributed by atoms with E-state index >= 15 is 0 Å². The largest absolute Gasteiger partial charge is 0.480 e. The topological polar surface area (TPSA) is 109 Å². The molecule has 0 spiro atoms. The van der Waals surface area contributed by atoms with Gasteiger partial charge in [-0.2, -0.15) is 0 Å². The van der Waals surface area contributed by atoms with Gasteiger partial charge in [0, 0.05) is 24.7 Å². The first kappa shape index (κ1) is 19.6. The fourth-order valence-electron chi connectivity index (χ4n) is 3.90. The number of nitrogens with one attached hydrogen (secondary N) is 1. The van der Waals surface area contributed by atoms with E-state index in [0.717, 1.165) is 25.1 Å². The summed E-state index contributed by atoms with van der Waals surface area (Å²) in [6.07, 6.45) is 4.28. The fourth-order valence-corrected chi connectivity index (χ4v) is 3.90. The number of rotatable bonds is 10. The molecule has 1 aromatic heterocycles. The molecule has 0 amide bonds. The number of hydrogen-bond donors (Lipinski definition) is 2.